The summed E-state index contributed by atoms with van der Waals surface area (Å²) in [6.45, 7) is 0.0615. The van der Waals surface area contributed by atoms with Crippen LogP contribution in [0.25, 0.3) is 0 Å². The summed E-state index contributed by atoms with van der Waals surface area (Å²) in [6.07, 6.45) is -0.736. The second-order valence-corrected chi connectivity index (χ2v) is 5.52. The number of alkyl carbamates (subject to hydrolysis) is 1. The lowest BCUT2D eigenvalue weighted by Crippen LogP contribution is -2.42. The summed E-state index contributed by atoms with van der Waals surface area (Å²) in [6, 6.07) is 13.0. The van der Waals surface area contributed by atoms with Crippen molar-refractivity contribution in [3.05, 3.63) is 59.7 Å². The van der Waals surface area contributed by atoms with E-state index < -0.39 is 18.1 Å². The quantitative estimate of drug-likeness (QED) is 0.752. The van der Waals surface area contributed by atoms with Crippen LogP contribution in [-0.2, 0) is 22.6 Å². The fraction of sp³-hybridized carbons (Fsp3) is 0.263. The third-order valence-electron chi connectivity index (χ3n) is 3.65. The highest BCUT2D eigenvalue weighted by Gasteiger charge is 2.22. The van der Waals surface area contributed by atoms with Crippen LogP contribution in [0.5, 0.6) is 11.5 Å². The maximum atomic E-state index is 11.9. The van der Waals surface area contributed by atoms with Gasteiger partial charge in [0.15, 0.2) is 0 Å². The number of hydrogen-bond acceptors (Lipinski definition) is 5. The van der Waals surface area contributed by atoms with E-state index in [0.717, 1.165) is 5.56 Å². The van der Waals surface area contributed by atoms with Gasteiger partial charge < -0.3 is 24.6 Å². The number of carbonyl (C=O) groups is 2. The van der Waals surface area contributed by atoms with E-state index in [2.05, 4.69) is 5.32 Å². The van der Waals surface area contributed by atoms with Crippen LogP contribution in [0, 0.1) is 0 Å². The molecule has 7 heteroatoms. The molecule has 138 valence electrons. The second-order valence-electron chi connectivity index (χ2n) is 5.52. The molecule has 2 N–H and O–H groups in total. The van der Waals surface area contributed by atoms with Gasteiger partial charge in [0.2, 0.25) is 0 Å². The fourth-order valence-corrected chi connectivity index (χ4v) is 2.33. The van der Waals surface area contributed by atoms with Crippen LogP contribution in [0.1, 0.15) is 11.1 Å². The molecule has 0 aromatic heterocycles. The molecule has 0 aliphatic heterocycles. The zero-order chi connectivity index (χ0) is 18.9. The van der Waals surface area contributed by atoms with E-state index in [9.17, 15) is 14.7 Å². The van der Waals surface area contributed by atoms with E-state index in [4.69, 9.17) is 14.2 Å². The molecule has 2 rings (SSSR count). The standard InChI is InChI=1S/C19H21NO6/c1-24-15-8-14(9-16(11-15)25-2)10-17(18(21)22)20-19(23)26-12-13-6-4-3-5-7-13/h3-9,11,17H,10,12H2,1-2H3,(H,20,23)(H,21,22). The van der Waals surface area contributed by atoms with Crippen molar-refractivity contribution >= 4 is 12.1 Å². The van der Waals surface area contributed by atoms with Crippen LogP contribution in [0.4, 0.5) is 4.79 Å². The minimum atomic E-state index is -1.16. The summed E-state index contributed by atoms with van der Waals surface area (Å²) in [5, 5.41) is 11.8. The van der Waals surface area contributed by atoms with Gasteiger partial charge in [-0.05, 0) is 23.3 Å². The first-order valence-electron chi connectivity index (χ1n) is 7.93. The number of benzene rings is 2. The number of amides is 1. The molecule has 0 heterocycles. The Morgan fingerprint density at radius 1 is 1.00 bits per heavy atom. The Balaban J connectivity index is 2.00. The molecule has 2 aromatic rings. The number of methoxy groups -OCH3 is 2. The molecule has 0 fully saturated rings. The summed E-state index contributed by atoms with van der Waals surface area (Å²) in [5.41, 5.74) is 1.46. The zero-order valence-corrected chi connectivity index (χ0v) is 14.6. The molecule has 1 unspecified atom stereocenters. The van der Waals surface area contributed by atoms with Crippen molar-refractivity contribution in [2.24, 2.45) is 0 Å². The van der Waals surface area contributed by atoms with Gasteiger partial charge in [-0.25, -0.2) is 9.59 Å². The van der Waals surface area contributed by atoms with Crippen LogP contribution in [0.2, 0.25) is 0 Å². The van der Waals surface area contributed by atoms with Crippen molar-refractivity contribution in [3.63, 3.8) is 0 Å². The van der Waals surface area contributed by atoms with Gasteiger partial charge in [0.05, 0.1) is 14.2 Å². The van der Waals surface area contributed by atoms with Crippen LogP contribution < -0.4 is 14.8 Å². The van der Waals surface area contributed by atoms with E-state index in [0.29, 0.717) is 17.1 Å². The number of carboxylic acid groups (broad SMARTS) is 1. The van der Waals surface area contributed by atoms with Crippen molar-refractivity contribution in [3.8, 4) is 11.5 Å². The Kier molecular flexibility index (Phi) is 6.84. The number of nitrogens with one attached hydrogen (secondary N) is 1. The van der Waals surface area contributed by atoms with Crippen molar-refractivity contribution in [1.29, 1.82) is 0 Å². The second kappa shape index (κ2) is 9.31. The predicted octanol–water partition coefficient (Wildman–Crippen LogP) is 2.63. The molecule has 0 radical (unpaired) electrons. The van der Waals surface area contributed by atoms with Crippen molar-refractivity contribution < 1.29 is 28.9 Å². The average Bonchev–Trinajstić information content (AvgIpc) is 2.66. The molecule has 0 bridgehead atoms. The molecular formula is C19H21NO6. The Bertz CT molecular complexity index is 725. The smallest absolute Gasteiger partial charge is 0.408 e. The molecule has 26 heavy (non-hydrogen) atoms. The molecule has 1 atom stereocenters. The first-order valence-corrected chi connectivity index (χ1v) is 7.93. The van der Waals surface area contributed by atoms with Gasteiger partial charge in [-0.15, -0.1) is 0 Å². The highest BCUT2D eigenvalue weighted by Crippen LogP contribution is 2.23. The summed E-state index contributed by atoms with van der Waals surface area (Å²) in [4.78, 5) is 23.4. The molecule has 0 spiro atoms. The molecule has 2 aromatic carbocycles. The van der Waals surface area contributed by atoms with Gasteiger partial charge in [-0.3, -0.25) is 0 Å². The lowest BCUT2D eigenvalue weighted by Gasteiger charge is -2.16. The maximum absolute atomic E-state index is 11.9. The summed E-state index contributed by atoms with van der Waals surface area (Å²) in [5.74, 6) is -0.0891. The van der Waals surface area contributed by atoms with Crippen LogP contribution in [-0.4, -0.2) is 37.4 Å². The van der Waals surface area contributed by atoms with Gasteiger partial charge in [-0.1, -0.05) is 30.3 Å². The van der Waals surface area contributed by atoms with Gasteiger partial charge in [-0.2, -0.15) is 0 Å². The summed E-state index contributed by atoms with van der Waals surface area (Å²) < 4.78 is 15.4. The van der Waals surface area contributed by atoms with Crippen molar-refractivity contribution in [2.45, 2.75) is 19.1 Å². The number of hydrogen-bond donors (Lipinski definition) is 2. The molecule has 0 aliphatic rings. The van der Waals surface area contributed by atoms with E-state index >= 15 is 0 Å². The number of carbonyl (C=O) groups excluding carboxylic acids is 1. The van der Waals surface area contributed by atoms with E-state index in [-0.39, 0.29) is 13.0 Å². The average molecular weight is 359 g/mol. The molecule has 0 saturated heterocycles. The number of rotatable bonds is 8. The zero-order valence-electron chi connectivity index (χ0n) is 14.6. The highest BCUT2D eigenvalue weighted by atomic mass is 16.5. The molecule has 1 amide bonds. The highest BCUT2D eigenvalue weighted by molar-refractivity contribution is 5.80. The topological polar surface area (TPSA) is 94.1 Å². The lowest BCUT2D eigenvalue weighted by molar-refractivity contribution is -0.139. The van der Waals surface area contributed by atoms with Crippen LogP contribution >= 0.6 is 0 Å². The molecule has 0 saturated carbocycles. The Labute approximate surface area is 151 Å². The van der Waals surface area contributed by atoms with Gasteiger partial charge >= 0.3 is 12.1 Å². The van der Waals surface area contributed by atoms with Crippen LogP contribution in [0.3, 0.4) is 0 Å². The third-order valence-corrected chi connectivity index (χ3v) is 3.65. The maximum Gasteiger partial charge on any atom is 0.408 e. The van der Waals surface area contributed by atoms with Crippen molar-refractivity contribution in [2.75, 3.05) is 14.2 Å². The Morgan fingerprint density at radius 3 is 2.15 bits per heavy atom. The minimum Gasteiger partial charge on any atom is -0.497 e. The third kappa shape index (κ3) is 5.70. The largest absolute Gasteiger partial charge is 0.497 e. The van der Waals surface area contributed by atoms with Gasteiger partial charge in [0.25, 0.3) is 0 Å². The predicted molar refractivity (Wildman–Crippen MR) is 94.4 cm³/mol. The molecule has 7 nitrogen and oxygen atoms in total. The Morgan fingerprint density at radius 2 is 1.62 bits per heavy atom. The number of ether oxygens (including phenoxy) is 3. The molecule has 0 aliphatic carbocycles. The van der Waals surface area contributed by atoms with Crippen LogP contribution in [0.15, 0.2) is 48.5 Å². The Hall–Kier alpha value is -3.22. The minimum absolute atomic E-state index is 0.0589. The van der Waals surface area contributed by atoms with Crippen molar-refractivity contribution in [1.82, 2.24) is 5.32 Å². The number of carboxylic acids is 1. The first kappa shape index (κ1) is 19.1. The molecular weight excluding hydrogens is 338 g/mol. The van der Waals surface area contributed by atoms with E-state index in [1.165, 1.54) is 14.2 Å². The first-order chi connectivity index (χ1) is 12.5. The summed E-state index contributed by atoms with van der Waals surface area (Å²) in [7, 11) is 3.01. The normalized spacial score (nSPS) is 11.3. The van der Waals surface area contributed by atoms with Gasteiger partial charge in [0.1, 0.15) is 24.1 Å². The lowest BCUT2D eigenvalue weighted by atomic mass is 10.1. The summed E-state index contributed by atoms with van der Waals surface area (Å²) >= 11 is 0. The SMILES string of the molecule is COc1cc(CC(NC(=O)OCc2ccccc2)C(=O)O)cc(OC)c1. The van der Waals surface area contributed by atoms with Gasteiger partial charge in [0, 0.05) is 12.5 Å². The van der Waals surface area contributed by atoms with E-state index in [1.54, 1.807) is 18.2 Å². The van der Waals surface area contributed by atoms with E-state index in [1.807, 2.05) is 30.3 Å². The fourth-order valence-electron chi connectivity index (χ4n) is 2.33. The number of aliphatic carboxylic acids is 1. The monoisotopic (exact) mass is 359 g/mol.